The van der Waals surface area contributed by atoms with Crippen molar-refractivity contribution >= 4 is 34.6 Å². The molecule has 0 saturated carbocycles. The van der Waals surface area contributed by atoms with Crippen molar-refractivity contribution in [2.75, 3.05) is 24.8 Å². The van der Waals surface area contributed by atoms with Crippen LogP contribution < -0.4 is 11.1 Å². The number of ether oxygens (including phenoxy) is 1. The highest BCUT2D eigenvalue weighted by Gasteiger charge is 2.13. The largest absolute Gasteiger partial charge is 0.399 e. The second kappa shape index (κ2) is 6.94. The van der Waals surface area contributed by atoms with Crippen molar-refractivity contribution < 1.29 is 4.74 Å². The fourth-order valence-electron chi connectivity index (χ4n) is 1.68. The molecule has 5 heteroatoms. The molecule has 0 aliphatic carbocycles. The highest BCUT2D eigenvalue weighted by molar-refractivity contribution is 6.39. The van der Waals surface area contributed by atoms with Gasteiger partial charge in [-0.1, -0.05) is 36.5 Å². The molecule has 17 heavy (non-hydrogen) atoms. The highest BCUT2D eigenvalue weighted by atomic mass is 35.5. The van der Waals surface area contributed by atoms with Crippen LogP contribution in [-0.2, 0) is 4.74 Å². The number of halogens is 2. The maximum absolute atomic E-state index is 6.11. The average molecular weight is 277 g/mol. The fourth-order valence-corrected chi connectivity index (χ4v) is 2.29. The van der Waals surface area contributed by atoms with E-state index in [0.29, 0.717) is 22.3 Å². The van der Waals surface area contributed by atoms with Crippen LogP contribution in [0.3, 0.4) is 0 Å². The smallest absolute Gasteiger partial charge is 0.0723 e. The predicted molar refractivity (Wildman–Crippen MR) is 75.1 cm³/mol. The van der Waals surface area contributed by atoms with Gasteiger partial charge in [-0.15, -0.1) is 0 Å². The zero-order valence-electron chi connectivity index (χ0n) is 10.1. The van der Waals surface area contributed by atoms with Gasteiger partial charge in [-0.05, 0) is 18.6 Å². The van der Waals surface area contributed by atoms with E-state index in [9.17, 15) is 0 Å². The number of benzene rings is 1. The zero-order valence-corrected chi connectivity index (χ0v) is 11.6. The first-order chi connectivity index (χ1) is 8.08. The molecule has 3 N–H and O–H groups in total. The minimum absolute atomic E-state index is 0.198. The molecular weight excluding hydrogens is 259 g/mol. The summed E-state index contributed by atoms with van der Waals surface area (Å²) in [5.41, 5.74) is 6.94. The van der Waals surface area contributed by atoms with E-state index in [1.165, 1.54) is 0 Å². The molecule has 1 atom stereocenters. The van der Waals surface area contributed by atoms with E-state index in [1.807, 2.05) is 0 Å². The van der Waals surface area contributed by atoms with Crippen LogP contribution in [0, 0.1) is 0 Å². The molecule has 0 aromatic heterocycles. The molecule has 0 aliphatic heterocycles. The molecule has 1 aromatic rings. The number of hydrogen-bond donors (Lipinski definition) is 2. The molecule has 0 bridgehead atoms. The van der Waals surface area contributed by atoms with Crippen LogP contribution in [0.5, 0.6) is 0 Å². The molecule has 3 nitrogen and oxygen atoms in total. The molecule has 0 spiro atoms. The summed E-state index contributed by atoms with van der Waals surface area (Å²) < 4.78 is 5.16. The summed E-state index contributed by atoms with van der Waals surface area (Å²) in [6.45, 7) is 2.74. The van der Waals surface area contributed by atoms with Crippen molar-refractivity contribution in [3.63, 3.8) is 0 Å². The van der Waals surface area contributed by atoms with Crippen LogP contribution in [0.4, 0.5) is 11.4 Å². The van der Waals surface area contributed by atoms with Crippen LogP contribution in [0.1, 0.15) is 19.8 Å². The van der Waals surface area contributed by atoms with Gasteiger partial charge in [0.25, 0.3) is 0 Å². The summed E-state index contributed by atoms with van der Waals surface area (Å²) in [5.74, 6) is 0. The van der Waals surface area contributed by atoms with Gasteiger partial charge in [0.2, 0.25) is 0 Å². The van der Waals surface area contributed by atoms with Crippen molar-refractivity contribution in [2.24, 2.45) is 0 Å². The summed E-state index contributed by atoms with van der Waals surface area (Å²) in [6.07, 6.45) is 2.05. The first kappa shape index (κ1) is 14.4. The highest BCUT2D eigenvalue weighted by Crippen LogP contribution is 2.33. The topological polar surface area (TPSA) is 47.3 Å². The summed E-state index contributed by atoms with van der Waals surface area (Å²) >= 11 is 12.2. The number of nitrogen functional groups attached to an aromatic ring is 1. The monoisotopic (exact) mass is 276 g/mol. The Balaban J connectivity index is 2.84. The Bertz CT molecular complexity index is 343. The third-order valence-corrected chi connectivity index (χ3v) is 3.01. The first-order valence-corrected chi connectivity index (χ1v) is 6.34. The van der Waals surface area contributed by atoms with E-state index in [2.05, 4.69) is 12.2 Å². The molecule has 1 rings (SSSR count). The maximum Gasteiger partial charge on any atom is 0.0723 e. The van der Waals surface area contributed by atoms with E-state index in [0.717, 1.165) is 18.5 Å². The summed E-state index contributed by atoms with van der Waals surface area (Å²) in [5, 5.41) is 4.37. The maximum atomic E-state index is 6.11. The number of nitrogens with two attached hydrogens (primary N) is 1. The van der Waals surface area contributed by atoms with Crippen molar-refractivity contribution in [3.05, 3.63) is 22.2 Å². The van der Waals surface area contributed by atoms with Gasteiger partial charge in [0.05, 0.1) is 22.3 Å². The Hall–Kier alpha value is -0.640. The van der Waals surface area contributed by atoms with E-state index in [1.54, 1.807) is 19.2 Å². The third kappa shape index (κ3) is 4.26. The molecule has 1 unspecified atom stereocenters. The molecule has 0 saturated heterocycles. The molecule has 0 fully saturated rings. The van der Waals surface area contributed by atoms with Crippen LogP contribution in [-0.4, -0.2) is 19.8 Å². The van der Waals surface area contributed by atoms with Crippen LogP contribution in [0.25, 0.3) is 0 Å². The lowest BCUT2D eigenvalue weighted by molar-refractivity contribution is 0.182. The van der Waals surface area contributed by atoms with E-state index >= 15 is 0 Å². The molecule has 0 aliphatic rings. The van der Waals surface area contributed by atoms with Gasteiger partial charge >= 0.3 is 0 Å². The van der Waals surface area contributed by atoms with Crippen molar-refractivity contribution in [2.45, 2.75) is 25.8 Å². The number of nitrogens with one attached hydrogen (secondary N) is 1. The lowest BCUT2D eigenvalue weighted by Gasteiger charge is -2.20. The van der Waals surface area contributed by atoms with Crippen LogP contribution >= 0.6 is 23.2 Å². The Morgan fingerprint density at radius 3 is 2.41 bits per heavy atom. The summed E-state index contributed by atoms with van der Waals surface area (Å²) in [4.78, 5) is 0. The number of rotatable bonds is 6. The fraction of sp³-hybridized carbons (Fsp3) is 0.500. The standard InChI is InChI=1S/C12H18Cl2N2O/c1-3-4-9(7-17-2)16-12-10(13)5-8(15)6-11(12)14/h5-6,9,16H,3-4,7,15H2,1-2H3. The SMILES string of the molecule is CCCC(COC)Nc1c(Cl)cc(N)cc1Cl. The lowest BCUT2D eigenvalue weighted by Crippen LogP contribution is -2.25. The van der Waals surface area contributed by atoms with E-state index < -0.39 is 0 Å². The Morgan fingerprint density at radius 2 is 1.94 bits per heavy atom. The Kier molecular flexibility index (Phi) is 5.89. The second-order valence-electron chi connectivity index (χ2n) is 3.94. The summed E-state index contributed by atoms with van der Waals surface area (Å²) in [6, 6.07) is 3.57. The molecule has 0 amide bonds. The van der Waals surface area contributed by atoms with Crippen LogP contribution in [0.15, 0.2) is 12.1 Å². The molecule has 96 valence electrons. The normalized spacial score (nSPS) is 12.5. The Labute approximate surface area is 112 Å². The van der Waals surface area contributed by atoms with Crippen molar-refractivity contribution in [1.82, 2.24) is 0 Å². The molecular formula is C12H18Cl2N2O. The molecule has 1 aromatic carbocycles. The van der Waals surface area contributed by atoms with Gasteiger partial charge in [-0.25, -0.2) is 0 Å². The average Bonchev–Trinajstić information content (AvgIpc) is 2.23. The number of anilines is 2. The van der Waals surface area contributed by atoms with Gasteiger partial charge in [0.15, 0.2) is 0 Å². The van der Waals surface area contributed by atoms with E-state index in [-0.39, 0.29) is 6.04 Å². The minimum atomic E-state index is 0.198. The quantitative estimate of drug-likeness (QED) is 0.777. The van der Waals surface area contributed by atoms with Crippen molar-refractivity contribution in [3.8, 4) is 0 Å². The third-order valence-electron chi connectivity index (χ3n) is 2.42. The van der Waals surface area contributed by atoms with Gasteiger partial charge in [0.1, 0.15) is 0 Å². The lowest BCUT2D eigenvalue weighted by atomic mass is 10.1. The van der Waals surface area contributed by atoms with Gasteiger partial charge in [-0.2, -0.15) is 0 Å². The number of hydrogen-bond acceptors (Lipinski definition) is 3. The van der Waals surface area contributed by atoms with Gasteiger partial charge in [0, 0.05) is 18.8 Å². The minimum Gasteiger partial charge on any atom is -0.399 e. The second-order valence-corrected chi connectivity index (χ2v) is 4.76. The zero-order chi connectivity index (χ0) is 12.8. The van der Waals surface area contributed by atoms with Gasteiger partial charge in [-0.3, -0.25) is 0 Å². The van der Waals surface area contributed by atoms with Crippen molar-refractivity contribution in [1.29, 1.82) is 0 Å². The number of methoxy groups -OCH3 is 1. The first-order valence-electron chi connectivity index (χ1n) is 5.58. The molecule has 0 radical (unpaired) electrons. The Morgan fingerprint density at radius 1 is 1.35 bits per heavy atom. The van der Waals surface area contributed by atoms with E-state index in [4.69, 9.17) is 33.7 Å². The molecule has 0 heterocycles. The predicted octanol–water partition coefficient (Wildman–Crippen LogP) is 3.80. The van der Waals surface area contributed by atoms with Gasteiger partial charge < -0.3 is 15.8 Å². The summed E-state index contributed by atoms with van der Waals surface area (Å²) in [7, 11) is 1.68. The van der Waals surface area contributed by atoms with Crippen LogP contribution in [0.2, 0.25) is 10.0 Å².